The molecule has 1 atom stereocenters. The summed E-state index contributed by atoms with van der Waals surface area (Å²) in [5.41, 5.74) is 2.60. The SMILES string of the molecule is CC(C)c1cn[nH]c1C1CN(C)CCN1. The van der Waals surface area contributed by atoms with Gasteiger partial charge in [0.25, 0.3) is 0 Å². The number of likely N-dealkylation sites (N-methyl/N-ethyl adjacent to an activating group) is 1. The van der Waals surface area contributed by atoms with Gasteiger partial charge in [0.15, 0.2) is 0 Å². The molecule has 0 amide bonds. The summed E-state index contributed by atoms with van der Waals surface area (Å²) in [5.74, 6) is 0.535. The molecule has 2 rings (SSSR count). The maximum Gasteiger partial charge on any atom is 0.0621 e. The Balaban J connectivity index is 2.17. The molecule has 1 unspecified atom stereocenters. The number of nitrogens with one attached hydrogen (secondary N) is 2. The Bertz CT molecular complexity index is 318. The zero-order valence-electron chi connectivity index (χ0n) is 9.75. The van der Waals surface area contributed by atoms with Crippen molar-refractivity contribution in [2.45, 2.75) is 25.8 Å². The van der Waals surface area contributed by atoms with Gasteiger partial charge < -0.3 is 10.2 Å². The molecule has 1 aliphatic rings. The lowest BCUT2D eigenvalue weighted by Gasteiger charge is -2.31. The van der Waals surface area contributed by atoms with Gasteiger partial charge in [-0.05, 0) is 18.5 Å². The fourth-order valence-corrected chi connectivity index (χ4v) is 2.14. The Morgan fingerprint density at radius 3 is 3.00 bits per heavy atom. The minimum Gasteiger partial charge on any atom is -0.306 e. The first-order valence-electron chi connectivity index (χ1n) is 5.63. The second-order valence-electron chi connectivity index (χ2n) is 4.66. The molecule has 0 radical (unpaired) electrons. The topological polar surface area (TPSA) is 44.0 Å². The Hall–Kier alpha value is -0.870. The van der Waals surface area contributed by atoms with E-state index in [9.17, 15) is 0 Å². The van der Waals surface area contributed by atoms with Gasteiger partial charge in [0.05, 0.1) is 17.9 Å². The lowest BCUT2D eigenvalue weighted by atomic mass is 9.99. The highest BCUT2D eigenvalue weighted by Crippen LogP contribution is 2.24. The molecule has 0 saturated carbocycles. The molecular formula is C11H20N4. The molecule has 15 heavy (non-hydrogen) atoms. The van der Waals surface area contributed by atoms with E-state index in [1.54, 1.807) is 0 Å². The number of hydrogen-bond acceptors (Lipinski definition) is 3. The van der Waals surface area contributed by atoms with Crippen LogP contribution < -0.4 is 5.32 Å². The summed E-state index contributed by atoms with van der Waals surface area (Å²) in [6.07, 6.45) is 1.95. The molecular weight excluding hydrogens is 188 g/mol. The highest BCUT2D eigenvalue weighted by Gasteiger charge is 2.22. The number of hydrogen-bond donors (Lipinski definition) is 2. The Morgan fingerprint density at radius 2 is 2.33 bits per heavy atom. The molecule has 1 aromatic rings. The average Bonchev–Trinajstić information content (AvgIpc) is 2.65. The molecule has 1 aromatic heterocycles. The fourth-order valence-electron chi connectivity index (χ4n) is 2.14. The number of rotatable bonds is 2. The average molecular weight is 208 g/mol. The van der Waals surface area contributed by atoms with Crippen LogP contribution in [0.1, 0.15) is 37.1 Å². The van der Waals surface area contributed by atoms with Crippen LogP contribution in [-0.2, 0) is 0 Å². The molecule has 2 heterocycles. The summed E-state index contributed by atoms with van der Waals surface area (Å²) < 4.78 is 0. The minimum atomic E-state index is 0.406. The molecule has 4 heteroatoms. The number of nitrogens with zero attached hydrogens (tertiary/aromatic N) is 2. The molecule has 0 aliphatic carbocycles. The van der Waals surface area contributed by atoms with Gasteiger partial charge in [0.2, 0.25) is 0 Å². The second-order valence-corrected chi connectivity index (χ2v) is 4.66. The van der Waals surface area contributed by atoms with Crippen LogP contribution >= 0.6 is 0 Å². The van der Waals surface area contributed by atoms with E-state index in [1.807, 2.05) is 6.20 Å². The molecule has 0 aromatic carbocycles. The van der Waals surface area contributed by atoms with Crippen LogP contribution in [0.15, 0.2) is 6.20 Å². The van der Waals surface area contributed by atoms with Crippen LogP contribution in [0.5, 0.6) is 0 Å². The van der Waals surface area contributed by atoms with Crippen LogP contribution in [-0.4, -0.2) is 41.8 Å². The third-order valence-corrected chi connectivity index (χ3v) is 3.05. The van der Waals surface area contributed by atoms with Crippen LogP contribution in [0, 0.1) is 0 Å². The fraction of sp³-hybridized carbons (Fsp3) is 0.727. The van der Waals surface area contributed by atoms with Crippen molar-refractivity contribution in [3.8, 4) is 0 Å². The van der Waals surface area contributed by atoms with Crippen LogP contribution in [0.3, 0.4) is 0 Å². The molecule has 4 nitrogen and oxygen atoms in total. The highest BCUT2D eigenvalue weighted by atomic mass is 15.2. The van der Waals surface area contributed by atoms with Crippen molar-refractivity contribution < 1.29 is 0 Å². The molecule has 1 fully saturated rings. The predicted octanol–water partition coefficient (Wildman–Crippen LogP) is 1.11. The van der Waals surface area contributed by atoms with Gasteiger partial charge in [-0.15, -0.1) is 0 Å². The maximum atomic E-state index is 4.16. The lowest BCUT2D eigenvalue weighted by Crippen LogP contribution is -2.44. The first-order chi connectivity index (χ1) is 7.18. The van der Waals surface area contributed by atoms with Crippen molar-refractivity contribution >= 4 is 0 Å². The normalized spacial score (nSPS) is 23.6. The molecule has 0 bridgehead atoms. The van der Waals surface area contributed by atoms with Crippen molar-refractivity contribution in [1.29, 1.82) is 0 Å². The smallest absolute Gasteiger partial charge is 0.0621 e. The summed E-state index contributed by atoms with van der Waals surface area (Å²) in [4.78, 5) is 2.35. The summed E-state index contributed by atoms with van der Waals surface area (Å²) >= 11 is 0. The number of H-pyrrole nitrogens is 1. The third-order valence-electron chi connectivity index (χ3n) is 3.05. The molecule has 0 spiro atoms. The molecule has 1 saturated heterocycles. The molecule has 2 N–H and O–H groups in total. The van der Waals surface area contributed by atoms with Gasteiger partial charge in [-0.2, -0.15) is 5.10 Å². The zero-order valence-corrected chi connectivity index (χ0v) is 9.75. The van der Waals surface area contributed by atoms with Gasteiger partial charge in [0.1, 0.15) is 0 Å². The van der Waals surface area contributed by atoms with Crippen LogP contribution in [0.2, 0.25) is 0 Å². The number of piperazine rings is 1. The second kappa shape index (κ2) is 4.33. The summed E-state index contributed by atoms with van der Waals surface area (Å²) in [5, 5.41) is 10.8. The monoisotopic (exact) mass is 208 g/mol. The third kappa shape index (κ3) is 2.21. The largest absolute Gasteiger partial charge is 0.306 e. The van der Waals surface area contributed by atoms with Crippen LogP contribution in [0.25, 0.3) is 0 Å². The maximum absolute atomic E-state index is 4.16. The van der Waals surface area contributed by atoms with E-state index in [0.29, 0.717) is 12.0 Å². The van der Waals surface area contributed by atoms with Crippen molar-refractivity contribution in [1.82, 2.24) is 20.4 Å². The standard InChI is InChI=1S/C11H20N4/c1-8(2)9-6-13-14-11(9)10-7-15(3)5-4-12-10/h6,8,10,12H,4-5,7H2,1-3H3,(H,13,14). The van der Waals surface area contributed by atoms with E-state index in [2.05, 4.69) is 41.3 Å². The first-order valence-corrected chi connectivity index (χ1v) is 5.63. The van der Waals surface area contributed by atoms with Crippen molar-refractivity contribution in [2.24, 2.45) is 0 Å². The van der Waals surface area contributed by atoms with Crippen LogP contribution in [0.4, 0.5) is 0 Å². The van der Waals surface area contributed by atoms with E-state index in [0.717, 1.165) is 19.6 Å². The van der Waals surface area contributed by atoms with Crippen molar-refractivity contribution in [2.75, 3.05) is 26.7 Å². The zero-order chi connectivity index (χ0) is 10.8. The van der Waals surface area contributed by atoms with Crippen molar-refractivity contribution in [3.63, 3.8) is 0 Å². The number of aromatic nitrogens is 2. The van der Waals surface area contributed by atoms with Gasteiger partial charge in [-0.1, -0.05) is 13.8 Å². The Labute approximate surface area is 91.1 Å². The molecule has 84 valence electrons. The minimum absolute atomic E-state index is 0.406. The lowest BCUT2D eigenvalue weighted by molar-refractivity contribution is 0.237. The predicted molar refractivity (Wildman–Crippen MR) is 60.9 cm³/mol. The quantitative estimate of drug-likeness (QED) is 0.765. The number of aromatic amines is 1. The Kier molecular flexibility index (Phi) is 3.07. The van der Waals surface area contributed by atoms with Gasteiger partial charge in [0, 0.05) is 19.6 Å². The van der Waals surface area contributed by atoms with Gasteiger partial charge >= 0.3 is 0 Å². The molecule has 1 aliphatic heterocycles. The summed E-state index contributed by atoms with van der Waals surface area (Å²) in [6, 6.07) is 0.406. The first kappa shape index (κ1) is 10.6. The van der Waals surface area contributed by atoms with E-state index in [-0.39, 0.29) is 0 Å². The summed E-state index contributed by atoms with van der Waals surface area (Å²) in [7, 11) is 2.17. The van der Waals surface area contributed by atoms with Gasteiger partial charge in [-0.25, -0.2) is 0 Å². The van der Waals surface area contributed by atoms with Crippen molar-refractivity contribution in [3.05, 3.63) is 17.5 Å². The van der Waals surface area contributed by atoms with E-state index in [1.165, 1.54) is 11.3 Å². The van der Waals surface area contributed by atoms with E-state index in [4.69, 9.17) is 0 Å². The van der Waals surface area contributed by atoms with E-state index < -0.39 is 0 Å². The van der Waals surface area contributed by atoms with Gasteiger partial charge in [-0.3, -0.25) is 5.10 Å². The highest BCUT2D eigenvalue weighted by molar-refractivity contribution is 5.24. The Morgan fingerprint density at radius 1 is 1.53 bits per heavy atom. The summed E-state index contributed by atoms with van der Waals surface area (Å²) in [6.45, 7) is 7.66. The van der Waals surface area contributed by atoms with E-state index >= 15 is 0 Å².